The van der Waals surface area contributed by atoms with E-state index in [-0.39, 0.29) is 6.61 Å². The smallest absolute Gasteiger partial charge is 0.137 e. The van der Waals surface area contributed by atoms with E-state index in [4.69, 9.17) is 0 Å². The Morgan fingerprint density at radius 3 is 2.79 bits per heavy atom. The zero-order valence-corrected chi connectivity index (χ0v) is 11.0. The lowest BCUT2D eigenvalue weighted by Gasteiger charge is -2.01. The van der Waals surface area contributed by atoms with Gasteiger partial charge >= 0.3 is 0 Å². The van der Waals surface area contributed by atoms with Gasteiger partial charge in [0.1, 0.15) is 5.65 Å². The number of fused-ring (bicyclic) bond motifs is 1. The number of nitrogens with zero attached hydrogens (tertiary/aromatic N) is 4. The second-order valence-corrected chi connectivity index (χ2v) is 4.66. The van der Waals surface area contributed by atoms with E-state index in [1.54, 1.807) is 0 Å². The number of aryl methyl sites for hydroxylation is 1. The van der Waals surface area contributed by atoms with Gasteiger partial charge in [-0.3, -0.25) is 4.68 Å². The first-order valence-corrected chi connectivity index (χ1v) is 6.25. The summed E-state index contributed by atoms with van der Waals surface area (Å²) >= 11 is 0. The van der Waals surface area contributed by atoms with Gasteiger partial charge in [0.25, 0.3) is 0 Å². The number of aromatic nitrogens is 4. The summed E-state index contributed by atoms with van der Waals surface area (Å²) in [5.41, 5.74) is 4.67. The number of hydrogen-bond acceptors (Lipinski definition) is 3. The number of imidazole rings is 1. The molecule has 0 fully saturated rings. The van der Waals surface area contributed by atoms with Gasteiger partial charge in [-0.15, -0.1) is 0 Å². The largest absolute Gasteiger partial charge is 0.392 e. The monoisotopic (exact) mass is 256 g/mol. The Morgan fingerprint density at radius 1 is 1.26 bits per heavy atom. The zero-order chi connectivity index (χ0) is 13.4. The molecule has 3 heterocycles. The van der Waals surface area contributed by atoms with E-state index in [2.05, 4.69) is 10.1 Å². The van der Waals surface area contributed by atoms with Gasteiger partial charge in [-0.25, -0.2) is 4.98 Å². The molecule has 0 amide bonds. The third kappa shape index (κ3) is 2.02. The summed E-state index contributed by atoms with van der Waals surface area (Å²) in [7, 11) is 0. The van der Waals surface area contributed by atoms with Crippen molar-refractivity contribution in [2.24, 2.45) is 0 Å². The van der Waals surface area contributed by atoms with E-state index in [1.807, 2.05) is 53.5 Å². The van der Waals surface area contributed by atoms with Gasteiger partial charge in [0.15, 0.2) is 0 Å². The fourth-order valence-electron chi connectivity index (χ4n) is 2.33. The molecule has 19 heavy (non-hydrogen) atoms. The van der Waals surface area contributed by atoms with E-state index in [0.717, 1.165) is 28.3 Å². The maximum atomic E-state index is 9.32. The molecule has 0 unspecified atom stereocenters. The highest BCUT2D eigenvalue weighted by atomic mass is 16.3. The van der Waals surface area contributed by atoms with E-state index in [1.165, 1.54) is 0 Å². The van der Waals surface area contributed by atoms with Crippen LogP contribution in [0.1, 0.15) is 22.6 Å². The molecule has 3 rings (SSSR count). The minimum atomic E-state index is 0.0306. The molecular formula is C14H16N4O. The molecule has 0 saturated carbocycles. The minimum absolute atomic E-state index is 0.0306. The van der Waals surface area contributed by atoms with Crippen LogP contribution in [0.2, 0.25) is 0 Å². The van der Waals surface area contributed by atoms with Crippen LogP contribution >= 0.6 is 0 Å². The van der Waals surface area contributed by atoms with Crippen LogP contribution < -0.4 is 0 Å². The van der Waals surface area contributed by atoms with Crippen LogP contribution in [0.5, 0.6) is 0 Å². The molecular weight excluding hydrogens is 240 g/mol. The summed E-state index contributed by atoms with van der Waals surface area (Å²) in [6, 6.07) is 5.93. The SMILES string of the molecule is Cc1nn(Cc2cn3ccccc3n2)c(C)c1CO. The first-order chi connectivity index (χ1) is 9.19. The number of hydrogen-bond donors (Lipinski definition) is 1. The van der Waals surface area contributed by atoms with Crippen LogP contribution in [0.15, 0.2) is 30.6 Å². The highest BCUT2D eigenvalue weighted by Crippen LogP contribution is 2.14. The Morgan fingerprint density at radius 2 is 2.11 bits per heavy atom. The van der Waals surface area contributed by atoms with Crippen molar-refractivity contribution in [2.75, 3.05) is 0 Å². The molecule has 0 atom stereocenters. The molecule has 1 N–H and O–H groups in total. The Bertz CT molecular complexity index is 693. The van der Waals surface area contributed by atoms with Crippen LogP contribution in [-0.2, 0) is 13.2 Å². The summed E-state index contributed by atoms with van der Waals surface area (Å²) in [6.07, 6.45) is 3.98. The maximum absolute atomic E-state index is 9.32. The van der Waals surface area contributed by atoms with Crippen LogP contribution in [0, 0.1) is 13.8 Å². The third-order valence-electron chi connectivity index (χ3n) is 3.42. The van der Waals surface area contributed by atoms with Gasteiger partial charge < -0.3 is 9.51 Å². The lowest BCUT2D eigenvalue weighted by molar-refractivity contribution is 0.280. The van der Waals surface area contributed by atoms with Crippen molar-refractivity contribution in [3.05, 3.63) is 53.2 Å². The Balaban J connectivity index is 1.96. The van der Waals surface area contributed by atoms with Gasteiger partial charge in [0.2, 0.25) is 0 Å². The van der Waals surface area contributed by atoms with Gasteiger partial charge in [-0.05, 0) is 26.0 Å². The van der Waals surface area contributed by atoms with Crippen molar-refractivity contribution in [1.82, 2.24) is 19.2 Å². The molecule has 0 spiro atoms. The predicted octanol–water partition coefficient (Wildman–Crippen LogP) is 1.69. The van der Waals surface area contributed by atoms with E-state index >= 15 is 0 Å². The van der Waals surface area contributed by atoms with Crippen molar-refractivity contribution in [1.29, 1.82) is 0 Å². The summed E-state index contributed by atoms with van der Waals surface area (Å²) in [6.45, 7) is 4.54. The molecule has 3 aromatic heterocycles. The third-order valence-corrected chi connectivity index (χ3v) is 3.42. The Labute approximate surface area is 111 Å². The molecule has 0 aromatic carbocycles. The van der Waals surface area contributed by atoms with Crippen molar-refractivity contribution in [3.63, 3.8) is 0 Å². The molecule has 3 aromatic rings. The highest BCUT2D eigenvalue weighted by Gasteiger charge is 2.11. The maximum Gasteiger partial charge on any atom is 0.137 e. The van der Waals surface area contributed by atoms with Crippen LogP contribution in [0.4, 0.5) is 0 Å². The van der Waals surface area contributed by atoms with E-state index in [9.17, 15) is 5.11 Å². The second-order valence-electron chi connectivity index (χ2n) is 4.66. The Kier molecular flexibility index (Phi) is 2.83. The number of aliphatic hydroxyl groups excluding tert-OH is 1. The average molecular weight is 256 g/mol. The molecule has 0 aliphatic heterocycles. The zero-order valence-electron chi connectivity index (χ0n) is 11.0. The summed E-state index contributed by atoms with van der Waals surface area (Å²) in [4.78, 5) is 4.55. The van der Waals surface area contributed by atoms with Crippen LogP contribution in [0.25, 0.3) is 5.65 Å². The molecule has 0 aliphatic carbocycles. The van der Waals surface area contributed by atoms with E-state index < -0.39 is 0 Å². The number of rotatable bonds is 3. The fourth-order valence-corrected chi connectivity index (χ4v) is 2.33. The van der Waals surface area contributed by atoms with Crippen molar-refractivity contribution in [2.45, 2.75) is 27.0 Å². The molecule has 5 heteroatoms. The normalized spacial score (nSPS) is 11.3. The Hall–Kier alpha value is -2.14. The molecule has 0 aliphatic rings. The van der Waals surface area contributed by atoms with E-state index in [0.29, 0.717) is 6.54 Å². The van der Waals surface area contributed by atoms with Gasteiger partial charge in [0.05, 0.1) is 24.5 Å². The first kappa shape index (κ1) is 11.9. The number of pyridine rings is 1. The lowest BCUT2D eigenvalue weighted by atomic mass is 10.2. The molecule has 0 saturated heterocycles. The number of aliphatic hydroxyl groups is 1. The fraction of sp³-hybridized carbons (Fsp3) is 0.286. The first-order valence-electron chi connectivity index (χ1n) is 6.25. The molecule has 5 nitrogen and oxygen atoms in total. The highest BCUT2D eigenvalue weighted by molar-refractivity contribution is 5.39. The topological polar surface area (TPSA) is 55.4 Å². The van der Waals surface area contributed by atoms with Crippen LogP contribution in [0.3, 0.4) is 0 Å². The standard InChI is InChI=1S/C14H16N4O/c1-10-13(9-19)11(2)18(16-10)8-12-7-17-6-4-3-5-14(17)15-12/h3-7,19H,8-9H2,1-2H3. The van der Waals surface area contributed by atoms with Crippen LogP contribution in [-0.4, -0.2) is 24.3 Å². The van der Waals surface area contributed by atoms with Gasteiger partial charge in [0, 0.05) is 23.7 Å². The minimum Gasteiger partial charge on any atom is -0.392 e. The van der Waals surface area contributed by atoms with Gasteiger partial charge in [-0.1, -0.05) is 6.07 Å². The summed E-state index contributed by atoms with van der Waals surface area (Å²) in [5, 5.41) is 13.8. The molecule has 0 radical (unpaired) electrons. The lowest BCUT2D eigenvalue weighted by Crippen LogP contribution is -2.04. The second kappa shape index (κ2) is 4.51. The molecule has 98 valence electrons. The van der Waals surface area contributed by atoms with Crippen molar-refractivity contribution < 1.29 is 5.11 Å². The average Bonchev–Trinajstić information content (AvgIpc) is 2.91. The summed E-state index contributed by atoms with van der Waals surface area (Å²) < 4.78 is 3.89. The summed E-state index contributed by atoms with van der Waals surface area (Å²) in [5.74, 6) is 0. The van der Waals surface area contributed by atoms with Crippen molar-refractivity contribution in [3.8, 4) is 0 Å². The predicted molar refractivity (Wildman–Crippen MR) is 71.9 cm³/mol. The quantitative estimate of drug-likeness (QED) is 0.776. The van der Waals surface area contributed by atoms with Gasteiger partial charge in [-0.2, -0.15) is 5.10 Å². The molecule has 0 bridgehead atoms. The van der Waals surface area contributed by atoms with Crippen molar-refractivity contribution >= 4 is 5.65 Å².